The monoisotopic (exact) mass is 541 g/mol. The van der Waals surface area contributed by atoms with E-state index in [9.17, 15) is 14.4 Å². The first kappa shape index (κ1) is 24.5. The van der Waals surface area contributed by atoms with Crippen LogP contribution in [0.25, 0.3) is 10.2 Å². The van der Waals surface area contributed by atoms with E-state index in [1.54, 1.807) is 52.5 Å². The van der Waals surface area contributed by atoms with Crippen molar-refractivity contribution in [2.24, 2.45) is 0 Å². The summed E-state index contributed by atoms with van der Waals surface area (Å²) in [6.45, 7) is 6.37. The third-order valence-corrected chi connectivity index (χ3v) is 7.74. The predicted molar refractivity (Wildman–Crippen MR) is 147 cm³/mol. The van der Waals surface area contributed by atoms with E-state index in [4.69, 9.17) is 4.74 Å². The van der Waals surface area contributed by atoms with Gasteiger partial charge in [0.05, 0.1) is 22.4 Å². The number of ether oxygens (including phenoxy) is 1. The number of nitrogens with one attached hydrogen (secondary N) is 2. The van der Waals surface area contributed by atoms with E-state index in [1.807, 2.05) is 13.0 Å². The number of pyridine rings is 1. The number of thiophene rings is 1. The SMILES string of the molecule is C=CC(=O)N1CC[C@@H](NC(=O)c2sc3nccc4c3c2NC(=O)N4c2ccc(Oc3cccnn3)cc2C)C1. The van der Waals surface area contributed by atoms with Gasteiger partial charge in [-0.2, -0.15) is 5.10 Å². The second-order valence-electron chi connectivity index (χ2n) is 9.14. The smallest absolute Gasteiger partial charge is 0.331 e. The molecule has 0 bridgehead atoms. The number of likely N-dealkylation sites (tertiary alicyclic amines) is 1. The largest absolute Gasteiger partial charge is 0.438 e. The lowest BCUT2D eigenvalue weighted by Crippen LogP contribution is -2.39. The van der Waals surface area contributed by atoms with Gasteiger partial charge in [0, 0.05) is 37.6 Å². The van der Waals surface area contributed by atoms with Gasteiger partial charge in [-0.25, -0.2) is 9.78 Å². The van der Waals surface area contributed by atoms with E-state index in [-0.39, 0.29) is 17.9 Å². The Morgan fingerprint density at radius 1 is 1.23 bits per heavy atom. The minimum Gasteiger partial charge on any atom is -0.438 e. The zero-order chi connectivity index (χ0) is 27.1. The lowest BCUT2D eigenvalue weighted by Gasteiger charge is -2.29. The normalized spacial score (nSPS) is 16.2. The lowest BCUT2D eigenvalue weighted by molar-refractivity contribution is -0.125. The van der Waals surface area contributed by atoms with E-state index >= 15 is 0 Å². The number of nitrogens with zero attached hydrogens (tertiary/aromatic N) is 5. The number of aryl methyl sites for hydroxylation is 1. The molecule has 4 aromatic rings. The molecule has 39 heavy (non-hydrogen) atoms. The Labute approximate surface area is 227 Å². The number of anilines is 3. The molecule has 196 valence electrons. The van der Waals surface area contributed by atoms with Crippen LogP contribution >= 0.6 is 11.3 Å². The van der Waals surface area contributed by atoms with Crippen molar-refractivity contribution in [3.63, 3.8) is 0 Å². The van der Waals surface area contributed by atoms with Gasteiger partial charge in [0.1, 0.15) is 15.5 Å². The minimum absolute atomic E-state index is 0.159. The number of carbonyl (C=O) groups is 3. The summed E-state index contributed by atoms with van der Waals surface area (Å²) in [5.41, 5.74) is 2.53. The van der Waals surface area contributed by atoms with Crippen LogP contribution in [0.1, 0.15) is 21.7 Å². The number of amides is 4. The van der Waals surface area contributed by atoms with Gasteiger partial charge in [-0.05, 0) is 55.3 Å². The molecule has 4 amide bonds. The van der Waals surface area contributed by atoms with Crippen molar-refractivity contribution in [1.82, 2.24) is 25.4 Å². The summed E-state index contributed by atoms with van der Waals surface area (Å²) in [5.74, 6) is 0.452. The van der Waals surface area contributed by atoms with Crippen molar-refractivity contribution in [2.75, 3.05) is 23.3 Å². The molecule has 12 heteroatoms. The molecular weight excluding hydrogens is 518 g/mol. The molecule has 2 aliphatic heterocycles. The van der Waals surface area contributed by atoms with Crippen molar-refractivity contribution in [3.8, 4) is 11.6 Å². The van der Waals surface area contributed by atoms with Gasteiger partial charge in [0.15, 0.2) is 0 Å². The molecule has 3 aromatic heterocycles. The van der Waals surface area contributed by atoms with Crippen LogP contribution in [-0.4, -0.2) is 57.1 Å². The Hall–Kier alpha value is -4.84. The maximum Gasteiger partial charge on any atom is 0.331 e. The highest BCUT2D eigenvalue weighted by molar-refractivity contribution is 7.21. The van der Waals surface area contributed by atoms with Gasteiger partial charge < -0.3 is 20.3 Å². The highest BCUT2D eigenvalue weighted by atomic mass is 32.1. The Bertz CT molecular complexity index is 1640. The summed E-state index contributed by atoms with van der Waals surface area (Å²) in [4.78, 5) is 47.4. The molecule has 1 saturated heterocycles. The molecule has 1 atom stereocenters. The highest BCUT2D eigenvalue weighted by Crippen LogP contribution is 2.46. The highest BCUT2D eigenvalue weighted by Gasteiger charge is 2.34. The summed E-state index contributed by atoms with van der Waals surface area (Å²) in [6, 6.07) is 10.00. The average Bonchev–Trinajstić information content (AvgIpc) is 3.55. The molecule has 0 spiro atoms. The van der Waals surface area contributed by atoms with Crippen LogP contribution in [0, 0.1) is 6.92 Å². The standard InChI is InChI=1S/C27H23N7O4S/c1-3-21(35)33-12-9-16(14-33)30-25(36)24-23-22-19(8-11-28-26(22)39-24)34(27(37)31-23)18-7-6-17(13-15(18)2)38-20-5-4-10-29-32-20/h3-8,10-11,13,16H,1,9,12,14H2,2H3,(H,30,36)(H,31,37)/t16-/m1/s1. The Balaban J connectivity index is 1.29. The predicted octanol–water partition coefficient (Wildman–Crippen LogP) is 4.39. The van der Waals surface area contributed by atoms with Crippen LogP contribution in [0.5, 0.6) is 11.6 Å². The Morgan fingerprint density at radius 2 is 2.10 bits per heavy atom. The maximum atomic E-state index is 13.5. The van der Waals surface area contributed by atoms with E-state index < -0.39 is 6.03 Å². The lowest BCUT2D eigenvalue weighted by atomic mass is 10.1. The van der Waals surface area contributed by atoms with Crippen LogP contribution < -0.4 is 20.3 Å². The zero-order valence-corrected chi connectivity index (χ0v) is 21.7. The number of aromatic nitrogens is 3. The van der Waals surface area contributed by atoms with Gasteiger partial charge >= 0.3 is 6.03 Å². The number of rotatable bonds is 6. The second-order valence-corrected chi connectivity index (χ2v) is 10.1. The van der Waals surface area contributed by atoms with Crippen LogP contribution in [0.3, 0.4) is 0 Å². The fourth-order valence-electron chi connectivity index (χ4n) is 4.85. The zero-order valence-electron chi connectivity index (χ0n) is 20.9. The first-order valence-corrected chi connectivity index (χ1v) is 13.1. The summed E-state index contributed by atoms with van der Waals surface area (Å²) >= 11 is 1.22. The van der Waals surface area contributed by atoms with E-state index in [1.165, 1.54) is 17.4 Å². The number of benzene rings is 1. The van der Waals surface area contributed by atoms with E-state index in [0.29, 0.717) is 63.3 Å². The number of urea groups is 1. The Morgan fingerprint density at radius 3 is 2.87 bits per heavy atom. The first-order valence-electron chi connectivity index (χ1n) is 12.2. The quantitative estimate of drug-likeness (QED) is 0.346. The molecule has 0 saturated carbocycles. The number of hydrogen-bond acceptors (Lipinski definition) is 8. The van der Waals surface area contributed by atoms with Gasteiger partial charge in [0.2, 0.25) is 11.8 Å². The first-order chi connectivity index (χ1) is 18.9. The summed E-state index contributed by atoms with van der Waals surface area (Å²) in [7, 11) is 0. The van der Waals surface area contributed by atoms with Gasteiger partial charge in [-0.3, -0.25) is 14.5 Å². The van der Waals surface area contributed by atoms with Crippen molar-refractivity contribution >= 4 is 56.5 Å². The topological polar surface area (TPSA) is 130 Å². The molecule has 0 radical (unpaired) electrons. The summed E-state index contributed by atoms with van der Waals surface area (Å²) in [6.07, 6.45) is 5.11. The molecule has 0 unspecified atom stereocenters. The fourth-order valence-corrected chi connectivity index (χ4v) is 5.87. The number of carbonyl (C=O) groups excluding carboxylic acids is 3. The molecule has 2 N–H and O–H groups in total. The summed E-state index contributed by atoms with van der Waals surface area (Å²) < 4.78 is 5.78. The summed E-state index contributed by atoms with van der Waals surface area (Å²) in [5, 5.41) is 14.4. The molecule has 6 rings (SSSR count). The van der Waals surface area contributed by atoms with Crippen molar-refractivity contribution in [1.29, 1.82) is 0 Å². The maximum absolute atomic E-state index is 13.5. The third-order valence-electron chi connectivity index (χ3n) is 6.64. The molecule has 2 aliphatic rings. The second kappa shape index (κ2) is 9.80. The van der Waals surface area contributed by atoms with Gasteiger partial charge in [-0.15, -0.1) is 16.4 Å². The van der Waals surface area contributed by atoms with Crippen molar-refractivity contribution < 1.29 is 19.1 Å². The third kappa shape index (κ3) is 4.44. The van der Waals surface area contributed by atoms with Crippen LogP contribution in [0.2, 0.25) is 0 Å². The van der Waals surface area contributed by atoms with Crippen molar-refractivity contribution in [3.05, 3.63) is 71.9 Å². The molecule has 1 aromatic carbocycles. The van der Waals surface area contributed by atoms with Crippen LogP contribution in [-0.2, 0) is 4.79 Å². The Kier molecular flexibility index (Phi) is 6.15. The van der Waals surface area contributed by atoms with E-state index in [0.717, 1.165) is 5.56 Å². The van der Waals surface area contributed by atoms with Crippen LogP contribution in [0.4, 0.5) is 21.9 Å². The van der Waals surface area contributed by atoms with Gasteiger partial charge in [0.25, 0.3) is 5.91 Å². The van der Waals surface area contributed by atoms with Crippen LogP contribution in [0.15, 0.2) is 61.4 Å². The van der Waals surface area contributed by atoms with Gasteiger partial charge in [-0.1, -0.05) is 6.58 Å². The molecule has 11 nitrogen and oxygen atoms in total. The average molecular weight is 542 g/mol. The molecule has 5 heterocycles. The minimum atomic E-state index is -0.392. The molecular formula is C27H23N7O4S. The van der Waals surface area contributed by atoms with Crippen molar-refractivity contribution in [2.45, 2.75) is 19.4 Å². The van der Waals surface area contributed by atoms with E-state index in [2.05, 4.69) is 32.4 Å². The molecule has 0 aliphatic carbocycles. The molecule has 1 fully saturated rings. The number of hydrogen-bond donors (Lipinski definition) is 2. The fraction of sp³-hybridized carbons (Fsp3) is 0.185.